The van der Waals surface area contributed by atoms with E-state index in [1.807, 2.05) is 63.9 Å². The molecule has 7 heteroatoms. The lowest BCUT2D eigenvalue weighted by molar-refractivity contribution is 0.0674. The van der Waals surface area contributed by atoms with Crippen LogP contribution in [0.25, 0.3) is 22.3 Å². The van der Waals surface area contributed by atoms with Crippen molar-refractivity contribution in [3.05, 3.63) is 65.6 Å². The minimum Gasteiger partial charge on any atom is -0.330 e. The molecule has 0 saturated carbocycles. The number of hydrogen-bond acceptors (Lipinski definition) is 4. The quantitative estimate of drug-likeness (QED) is 0.527. The summed E-state index contributed by atoms with van der Waals surface area (Å²) in [7, 11) is 1.95. The van der Waals surface area contributed by atoms with Gasteiger partial charge in [0.15, 0.2) is 0 Å². The lowest BCUT2D eigenvalue weighted by Crippen LogP contribution is -2.38. The molecule has 1 aliphatic rings. The summed E-state index contributed by atoms with van der Waals surface area (Å²) >= 11 is 0. The average Bonchev–Trinajstić information content (AvgIpc) is 3.37. The Morgan fingerprint density at radius 3 is 2.87 bits per heavy atom. The van der Waals surface area contributed by atoms with Gasteiger partial charge < -0.3 is 4.90 Å². The Hall–Kier alpha value is -3.48. The minimum atomic E-state index is -0.0981. The summed E-state index contributed by atoms with van der Waals surface area (Å²) in [4.78, 5) is 19.6. The van der Waals surface area contributed by atoms with E-state index in [-0.39, 0.29) is 11.9 Å². The summed E-state index contributed by atoms with van der Waals surface area (Å²) in [5.74, 6) is 0.0290. The normalized spacial score (nSPS) is 16.1. The van der Waals surface area contributed by atoms with E-state index >= 15 is 0 Å². The Kier molecular flexibility index (Phi) is 4.38. The van der Waals surface area contributed by atoms with Crippen molar-refractivity contribution in [3.8, 4) is 11.4 Å². The Morgan fingerprint density at radius 1 is 1.20 bits per heavy atom. The van der Waals surface area contributed by atoms with Gasteiger partial charge in [-0.2, -0.15) is 10.2 Å². The van der Waals surface area contributed by atoms with Crippen LogP contribution in [0.5, 0.6) is 0 Å². The first kappa shape index (κ1) is 18.5. The SMILES string of the molecule is CCn1ccc(-c2c3c(nn2C)C(C)N(C(=O)c2ccc4ncccc4c2)CC3)n1. The van der Waals surface area contributed by atoms with E-state index in [2.05, 4.69) is 23.9 Å². The second kappa shape index (κ2) is 7.09. The monoisotopic (exact) mass is 400 g/mol. The number of aryl methyl sites for hydroxylation is 2. The minimum absolute atomic E-state index is 0.0290. The molecule has 4 heterocycles. The molecule has 152 valence electrons. The highest BCUT2D eigenvalue weighted by atomic mass is 16.2. The number of benzene rings is 1. The van der Waals surface area contributed by atoms with Gasteiger partial charge in [0.2, 0.25) is 0 Å². The summed E-state index contributed by atoms with van der Waals surface area (Å²) < 4.78 is 3.82. The van der Waals surface area contributed by atoms with Crippen molar-refractivity contribution in [2.24, 2.45) is 7.05 Å². The van der Waals surface area contributed by atoms with Crippen LogP contribution in [0.2, 0.25) is 0 Å². The van der Waals surface area contributed by atoms with E-state index in [0.29, 0.717) is 12.1 Å². The zero-order valence-corrected chi connectivity index (χ0v) is 17.4. The van der Waals surface area contributed by atoms with Gasteiger partial charge >= 0.3 is 0 Å². The lowest BCUT2D eigenvalue weighted by Gasteiger charge is -2.33. The maximum absolute atomic E-state index is 13.3. The third kappa shape index (κ3) is 2.89. The molecule has 7 nitrogen and oxygen atoms in total. The Bertz CT molecular complexity index is 1250. The number of carbonyl (C=O) groups excluding carboxylic acids is 1. The predicted octanol–water partition coefficient (Wildman–Crippen LogP) is 3.61. The number of amides is 1. The fraction of sp³-hybridized carbons (Fsp3) is 0.304. The molecule has 0 aliphatic carbocycles. The maximum atomic E-state index is 13.3. The second-order valence-electron chi connectivity index (χ2n) is 7.73. The number of pyridine rings is 1. The van der Waals surface area contributed by atoms with Gasteiger partial charge in [0, 0.05) is 49.0 Å². The van der Waals surface area contributed by atoms with Gasteiger partial charge in [0.05, 0.1) is 22.9 Å². The third-order valence-corrected chi connectivity index (χ3v) is 5.96. The van der Waals surface area contributed by atoms with Gasteiger partial charge in [0.1, 0.15) is 5.69 Å². The first-order valence-electron chi connectivity index (χ1n) is 10.3. The molecule has 0 bridgehead atoms. The standard InChI is InChI=1S/C23H24N6O/c1-4-28-12-10-20(25-28)22-18-9-13-29(15(2)21(18)26-27(22)3)23(30)17-7-8-19-16(14-17)6-5-11-24-19/h5-8,10-12,14-15H,4,9,13H2,1-3H3. The Morgan fingerprint density at radius 2 is 2.07 bits per heavy atom. The van der Waals surface area contributed by atoms with E-state index < -0.39 is 0 Å². The maximum Gasteiger partial charge on any atom is 0.254 e. The summed E-state index contributed by atoms with van der Waals surface area (Å²) in [6, 6.07) is 11.5. The van der Waals surface area contributed by atoms with Crippen molar-refractivity contribution in [1.82, 2.24) is 29.4 Å². The lowest BCUT2D eigenvalue weighted by atomic mass is 9.96. The number of hydrogen-bond donors (Lipinski definition) is 0. The van der Waals surface area contributed by atoms with Gasteiger partial charge in [-0.15, -0.1) is 0 Å². The topological polar surface area (TPSA) is 68.8 Å². The van der Waals surface area contributed by atoms with E-state index in [4.69, 9.17) is 5.10 Å². The van der Waals surface area contributed by atoms with E-state index in [9.17, 15) is 4.79 Å². The van der Waals surface area contributed by atoms with Crippen molar-refractivity contribution in [2.45, 2.75) is 32.9 Å². The number of nitrogens with zero attached hydrogens (tertiary/aromatic N) is 6. The van der Waals surface area contributed by atoms with E-state index in [1.54, 1.807) is 6.20 Å². The highest BCUT2D eigenvalue weighted by molar-refractivity contribution is 5.98. The number of carbonyl (C=O) groups is 1. The van der Waals surface area contributed by atoms with Crippen LogP contribution in [0.1, 0.15) is 41.5 Å². The molecule has 1 atom stereocenters. The molecule has 0 N–H and O–H groups in total. The molecule has 4 aromatic rings. The highest BCUT2D eigenvalue weighted by Crippen LogP contribution is 2.35. The van der Waals surface area contributed by atoms with Crippen molar-refractivity contribution in [3.63, 3.8) is 0 Å². The number of rotatable bonds is 3. The molecular formula is C23H24N6O. The molecule has 1 aromatic carbocycles. The number of fused-ring (bicyclic) bond motifs is 2. The zero-order chi connectivity index (χ0) is 20.8. The molecule has 30 heavy (non-hydrogen) atoms. The summed E-state index contributed by atoms with van der Waals surface area (Å²) in [5, 5.41) is 10.4. The molecule has 1 unspecified atom stereocenters. The van der Waals surface area contributed by atoms with Crippen LogP contribution in [0, 0.1) is 0 Å². The molecule has 3 aromatic heterocycles. The van der Waals surface area contributed by atoms with Crippen LogP contribution in [0.15, 0.2) is 48.8 Å². The van der Waals surface area contributed by atoms with Crippen LogP contribution in [0.3, 0.4) is 0 Å². The Labute approximate surface area is 174 Å². The summed E-state index contributed by atoms with van der Waals surface area (Å²) in [6.45, 7) is 5.62. The third-order valence-electron chi connectivity index (χ3n) is 5.96. The first-order chi connectivity index (χ1) is 14.6. The van der Waals surface area contributed by atoms with E-state index in [0.717, 1.165) is 41.0 Å². The van der Waals surface area contributed by atoms with Crippen LogP contribution in [-0.2, 0) is 20.0 Å². The van der Waals surface area contributed by atoms with Gasteiger partial charge in [-0.1, -0.05) is 6.07 Å². The van der Waals surface area contributed by atoms with Crippen molar-refractivity contribution in [1.29, 1.82) is 0 Å². The molecule has 0 fully saturated rings. The fourth-order valence-electron chi connectivity index (χ4n) is 4.38. The van der Waals surface area contributed by atoms with Gasteiger partial charge in [-0.05, 0) is 50.6 Å². The molecule has 0 saturated heterocycles. The molecule has 5 rings (SSSR count). The molecule has 1 amide bonds. The van der Waals surface area contributed by atoms with Gasteiger partial charge in [-0.3, -0.25) is 19.1 Å². The average molecular weight is 400 g/mol. The van der Waals surface area contributed by atoms with Crippen LogP contribution < -0.4 is 0 Å². The molecule has 1 aliphatic heterocycles. The smallest absolute Gasteiger partial charge is 0.254 e. The summed E-state index contributed by atoms with van der Waals surface area (Å²) in [6.07, 6.45) is 4.52. The van der Waals surface area contributed by atoms with Crippen LogP contribution in [0.4, 0.5) is 0 Å². The largest absolute Gasteiger partial charge is 0.330 e. The van der Waals surface area contributed by atoms with Crippen molar-refractivity contribution in [2.75, 3.05) is 6.54 Å². The van der Waals surface area contributed by atoms with E-state index in [1.165, 1.54) is 5.56 Å². The number of aromatic nitrogens is 5. The van der Waals surface area contributed by atoms with Gasteiger partial charge in [-0.25, -0.2) is 0 Å². The van der Waals surface area contributed by atoms with Crippen molar-refractivity contribution < 1.29 is 4.79 Å². The molecule has 0 radical (unpaired) electrons. The predicted molar refractivity (Wildman–Crippen MR) is 115 cm³/mol. The fourth-order valence-corrected chi connectivity index (χ4v) is 4.38. The molecular weight excluding hydrogens is 376 g/mol. The second-order valence-corrected chi connectivity index (χ2v) is 7.73. The van der Waals surface area contributed by atoms with Crippen molar-refractivity contribution >= 4 is 16.8 Å². The highest BCUT2D eigenvalue weighted by Gasteiger charge is 2.33. The zero-order valence-electron chi connectivity index (χ0n) is 17.4. The van der Waals surface area contributed by atoms with Crippen LogP contribution >= 0.6 is 0 Å². The first-order valence-corrected chi connectivity index (χ1v) is 10.3. The Balaban J connectivity index is 1.48. The van der Waals surface area contributed by atoms with Crippen LogP contribution in [-0.4, -0.2) is 41.9 Å². The molecule has 0 spiro atoms. The van der Waals surface area contributed by atoms with Gasteiger partial charge in [0.25, 0.3) is 5.91 Å². The summed E-state index contributed by atoms with van der Waals surface area (Å²) in [5.41, 5.74) is 5.71.